The van der Waals surface area contributed by atoms with Crippen LogP contribution in [0.15, 0.2) is 0 Å². The lowest BCUT2D eigenvalue weighted by atomic mass is 9.80. The summed E-state index contributed by atoms with van der Waals surface area (Å²) in [6.45, 7) is 2.14. The molecule has 1 rings (SSSR count). The molecule has 2 nitrogen and oxygen atoms in total. The molecule has 2 atom stereocenters. The van der Waals surface area contributed by atoms with Crippen molar-refractivity contribution >= 4 is 8.03 Å². The van der Waals surface area contributed by atoms with Crippen LogP contribution < -0.4 is 0 Å². The molecule has 1 aliphatic carbocycles. The number of rotatable bonds is 4. The topological polar surface area (TPSA) is 37.3 Å². The SMILES string of the molecule is CCC(C[PH](=O)O)C1CCCCC1. The van der Waals surface area contributed by atoms with Crippen molar-refractivity contribution in [1.29, 1.82) is 0 Å². The first kappa shape index (κ1) is 11.3. The molecule has 0 spiro atoms. The van der Waals surface area contributed by atoms with E-state index in [1.807, 2.05) is 0 Å². The third kappa shape index (κ3) is 3.83. The Morgan fingerprint density at radius 2 is 2.00 bits per heavy atom. The van der Waals surface area contributed by atoms with Gasteiger partial charge < -0.3 is 4.89 Å². The molecular weight excluding hydrogens is 183 g/mol. The van der Waals surface area contributed by atoms with Crippen LogP contribution in [0.3, 0.4) is 0 Å². The molecule has 1 aliphatic rings. The Balaban J connectivity index is 2.39. The van der Waals surface area contributed by atoms with Crippen molar-refractivity contribution in [3.8, 4) is 0 Å². The van der Waals surface area contributed by atoms with Crippen molar-refractivity contribution in [3.05, 3.63) is 0 Å². The zero-order valence-corrected chi connectivity index (χ0v) is 9.46. The number of hydrogen-bond donors (Lipinski definition) is 1. The lowest BCUT2D eigenvalue weighted by molar-refractivity contribution is 0.257. The van der Waals surface area contributed by atoms with Gasteiger partial charge in [-0.2, -0.15) is 0 Å². The third-order valence-corrected chi connectivity index (χ3v) is 4.15. The Morgan fingerprint density at radius 3 is 2.46 bits per heavy atom. The third-order valence-electron chi connectivity index (χ3n) is 3.28. The highest BCUT2D eigenvalue weighted by molar-refractivity contribution is 7.38. The Hall–Kier alpha value is 0.190. The van der Waals surface area contributed by atoms with Crippen LogP contribution in [-0.2, 0) is 4.57 Å². The van der Waals surface area contributed by atoms with E-state index in [4.69, 9.17) is 4.89 Å². The average Bonchev–Trinajstić information content (AvgIpc) is 2.15. The summed E-state index contributed by atoms with van der Waals surface area (Å²) in [5.41, 5.74) is 0. The van der Waals surface area contributed by atoms with Crippen LogP contribution in [0.25, 0.3) is 0 Å². The zero-order valence-electron chi connectivity index (χ0n) is 8.46. The first-order valence-electron chi connectivity index (χ1n) is 5.45. The summed E-state index contributed by atoms with van der Waals surface area (Å²) in [5.74, 6) is 1.25. The van der Waals surface area contributed by atoms with Gasteiger partial charge in [0, 0.05) is 6.16 Å². The van der Waals surface area contributed by atoms with Gasteiger partial charge in [0.05, 0.1) is 0 Å². The van der Waals surface area contributed by atoms with E-state index in [1.54, 1.807) is 0 Å². The Morgan fingerprint density at radius 1 is 1.38 bits per heavy atom. The molecule has 0 heterocycles. The molecule has 0 saturated heterocycles. The van der Waals surface area contributed by atoms with E-state index in [-0.39, 0.29) is 0 Å². The fourth-order valence-corrected chi connectivity index (χ4v) is 3.54. The molecule has 2 unspecified atom stereocenters. The van der Waals surface area contributed by atoms with Crippen LogP contribution >= 0.6 is 8.03 Å². The summed E-state index contributed by atoms with van der Waals surface area (Å²) in [6, 6.07) is 0. The van der Waals surface area contributed by atoms with Gasteiger partial charge in [-0.1, -0.05) is 45.4 Å². The molecule has 1 saturated carbocycles. The lowest BCUT2D eigenvalue weighted by Crippen LogP contribution is -2.19. The normalized spacial score (nSPS) is 24.2. The van der Waals surface area contributed by atoms with E-state index < -0.39 is 8.03 Å². The summed E-state index contributed by atoms with van der Waals surface area (Å²) in [4.78, 5) is 8.93. The van der Waals surface area contributed by atoms with Gasteiger partial charge in [0.2, 0.25) is 0 Å². The van der Waals surface area contributed by atoms with Crippen LogP contribution in [0, 0.1) is 11.8 Å². The molecular formula is C10H21O2P. The Kier molecular flexibility index (Phi) is 5.05. The van der Waals surface area contributed by atoms with Crippen molar-refractivity contribution in [1.82, 2.24) is 0 Å². The van der Waals surface area contributed by atoms with Crippen LogP contribution in [-0.4, -0.2) is 11.1 Å². The van der Waals surface area contributed by atoms with Gasteiger partial charge in [-0.15, -0.1) is 0 Å². The first-order chi connectivity index (χ1) is 6.24. The summed E-state index contributed by atoms with van der Waals surface area (Å²) in [5, 5.41) is 0. The Bertz CT molecular complexity index is 164. The van der Waals surface area contributed by atoms with Crippen molar-refractivity contribution in [2.45, 2.75) is 45.4 Å². The minimum Gasteiger partial charge on any atom is -0.346 e. The minimum absolute atomic E-state index is 0.511. The van der Waals surface area contributed by atoms with Gasteiger partial charge in [-0.3, -0.25) is 4.57 Å². The van der Waals surface area contributed by atoms with E-state index in [2.05, 4.69) is 6.92 Å². The smallest absolute Gasteiger partial charge is 0.189 e. The lowest BCUT2D eigenvalue weighted by Gasteiger charge is -2.28. The molecule has 0 bridgehead atoms. The van der Waals surface area contributed by atoms with Gasteiger partial charge in [0.15, 0.2) is 8.03 Å². The van der Waals surface area contributed by atoms with Crippen molar-refractivity contribution in [2.24, 2.45) is 11.8 Å². The monoisotopic (exact) mass is 204 g/mol. The minimum atomic E-state index is -2.24. The van der Waals surface area contributed by atoms with E-state index in [0.717, 1.165) is 12.3 Å². The first-order valence-corrected chi connectivity index (χ1v) is 7.02. The molecule has 13 heavy (non-hydrogen) atoms. The van der Waals surface area contributed by atoms with Crippen molar-refractivity contribution in [3.63, 3.8) is 0 Å². The molecule has 0 aromatic carbocycles. The quantitative estimate of drug-likeness (QED) is 0.714. The fourth-order valence-electron chi connectivity index (χ4n) is 2.47. The maximum Gasteiger partial charge on any atom is 0.189 e. The molecule has 78 valence electrons. The van der Waals surface area contributed by atoms with Gasteiger partial charge in [-0.25, -0.2) is 0 Å². The van der Waals surface area contributed by atoms with Crippen LogP contribution in [0.1, 0.15) is 45.4 Å². The predicted molar refractivity (Wildman–Crippen MR) is 56.4 cm³/mol. The summed E-state index contributed by atoms with van der Waals surface area (Å²) < 4.78 is 10.8. The van der Waals surface area contributed by atoms with Crippen LogP contribution in [0.2, 0.25) is 0 Å². The average molecular weight is 204 g/mol. The largest absolute Gasteiger partial charge is 0.346 e. The van der Waals surface area contributed by atoms with E-state index >= 15 is 0 Å². The highest BCUT2D eigenvalue weighted by Crippen LogP contribution is 2.35. The predicted octanol–water partition coefficient (Wildman–Crippen LogP) is 3.06. The second-order valence-corrected chi connectivity index (χ2v) is 5.36. The Labute approximate surface area is 81.6 Å². The van der Waals surface area contributed by atoms with E-state index in [9.17, 15) is 4.57 Å². The summed E-state index contributed by atoms with van der Waals surface area (Å²) >= 11 is 0. The molecule has 0 aliphatic heterocycles. The molecule has 0 radical (unpaired) electrons. The molecule has 3 heteroatoms. The molecule has 0 aromatic rings. The van der Waals surface area contributed by atoms with Crippen molar-refractivity contribution in [2.75, 3.05) is 6.16 Å². The second kappa shape index (κ2) is 5.82. The van der Waals surface area contributed by atoms with Gasteiger partial charge in [0.25, 0.3) is 0 Å². The van der Waals surface area contributed by atoms with E-state index in [1.165, 1.54) is 32.1 Å². The van der Waals surface area contributed by atoms with Gasteiger partial charge >= 0.3 is 0 Å². The standard InChI is InChI=1S/C10H21O2P/c1-2-9(8-13(11)12)10-6-4-3-5-7-10/h9-10,13H,2-8H2,1H3,(H,11,12). The molecule has 1 N–H and O–H groups in total. The zero-order chi connectivity index (χ0) is 9.68. The molecule has 0 aromatic heterocycles. The maximum absolute atomic E-state index is 10.8. The second-order valence-electron chi connectivity index (χ2n) is 4.16. The molecule has 1 fully saturated rings. The van der Waals surface area contributed by atoms with Crippen molar-refractivity contribution < 1.29 is 9.46 Å². The highest BCUT2D eigenvalue weighted by atomic mass is 31.1. The molecule has 0 amide bonds. The fraction of sp³-hybridized carbons (Fsp3) is 1.00. The summed E-state index contributed by atoms with van der Waals surface area (Å²) in [6.07, 6.45) is 8.22. The van der Waals surface area contributed by atoms with Gasteiger partial charge in [-0.05, 0) is 11.8 Å². The summed E-state index contributed by atoms with van der Waals surface area (Å²) in [7, 11) is -2.24. The number of hydrogen-bond acceptors (Lipinski definition) is 1. The maximum atomic E-state index is 10.8. The van der Waals surface area contributed by atoms with Crippen LogP contribution in [0.5, 0.6) is 0 Å². The van der Waals surface area contributed by atoms with Crippen LogP contribution in [0.4, 0.5) is 0 Å². The van der Waals surface area contributed by atoms with Gasteiger partial charge in [0.1, 0.15) is 0 Å². The van der Waals surface area contributed by atoms with E-state index in [0.29, 0.717) is 12.1 Å². The highest BCUT2D eigenvalue weighted by Gasteiger charge is 2.23.